The van der Waals surface area contributed by atoms with Crippen LogP contribution < -0.4 is 0 Å². The van der Waals surface area contributed by atoms with Gasteiger partial charge in [-0.2, -0.15) is 0 Å². The van der Waals surface area contributed by atoms with Gasteiger partial charge < -0.3 is 4.90 Å². The van der Waals surface area contributed by atoms with E-state index in [4.69, 9.17) is 0 Å². The molecule has 0 spiro atoms. The summed E-state index contributed by atoms with van der Waals surface area (Å²) in [5, 5.41) is 2.21. The van der Waals surface area contributed by atoms with Crippen molar-refractivity contribution in [3.05, 3.63) is 81.8 Å². The molecule has 0 bridgehead atoms. The zero-order valence-electron chi connectivity index (χ0n) is 16.9. The maximum absolute atomic E-state index is 13.1. The largest absolute Gasteiger partial charge is 0.339 e. The normalized spacial score (nSPS) is 17.7. The molecular formula is C25H25FN2OS. The molecule has 0 aliphatic carbocycles. The van der Waals surface area contributed by atoms with Crippen LogP contribution in [0.2, 0.25) is 0 Å². The van der Waals surface area contributed by atoms with Crippen LogP contribution in [0.5, 0.6) is 0 Å². The molecule has 3 aromatic rings. The summed E-state index contributed by atoms with van der Waals surface area (Å²) in [5.74, 6) is -0.132. The van der Waals surface area contributed by atoms with Crippen LogP contribution in [-0.4, -0.2) is 41.4 Å². The van der Waals surface area contributed by atoms with Crippen LogP contribution in [0.25, 0.3) is 11.1 Å². The maximum Gasteiger partial charge on any atom is 0.253 e. The summed E-state index contributed by atoms with van der Waals surface area (Å²) in [6.45, 7) is 3.83. The van der Waals surface area contributed by atoms with Crippen LogP contribution >= 0.6 is 11.3 Å². The molecule has 0 unspecified atom stereocenters. The third-order valence-corrected chi connectivity index (χ3v) is 7.44. The molecule has 1 amide bonds. The van der Waals surface area contributed by atoms with Crippen LogP contribution in [0.1, 0.15) is 33.6 Å². The first-order valence-corrected chi connectivity index (χ1v) is 11.5. The molecule has 5 heteroatoms. The summed E-state index contributed by atoms with van der Waals surface area (Å²) in [5.41, 5.74) is 4.15. The fourth-order valence-electron chi connectivity index (χ4n) is 4.65. The Morgan fingerprint density at radius 1 is 0.900 bits per heavy atom. The number of fused-ring (bicyclic) bond motifs is 1. The van der Waals surface area contributed by atoms with Gasteiger partial charge in [-0.15, -0.1) is 11.3 Å². The zero-order valence-corrected chi connectivity index (χ0v) is 17.7. The highest BCUT2D eigenvalue weighted by Gasteiger charge is 2.29. The van der Waals surface area contributed by atoms with Crippen molar-refractivity contribution < 1.29 is 9.18 Å². The molecular weight excluding hydrogens is 395 g/mol. The van der Waals surface area contributed by atoms with Crippen molar-refractivity contribution in [1.29, 1.82) is 0 Å². The van der Waals surface area contributed by atoms with Gasteiger partial charge in [0.2, 0.25) is 0 Å². The minimum Gasteiger partial charge on any atom is -0.339 e. The van der Waals surface area contributed by atoms with Gasteiger partial charge in [0.05, 0.1) is 0 Å². The van der Waals surface area contributed by atoms with Gasteiger partial charge in [-0.1, -0.05) is 24.3 Å². The highest BCUT2D eigenvalue weighted by Crippen LogP contribution is 2.28. The number of rotatable bonds is 3. The third-order valence-electron chi connectivity index (χ3n) is 6.41. The van der Waals surface area contributed by atoms with Crippen LogP contribution in [0, 0.1) is 5.82 Å². The molecule has 1 aromatic heterocycles. The van der Waals surface area contributed by atoms with E-state index in [0.29, 0.717) is 6.04 Å². The van der Waals surface area contributed by atoms with Crippen molar-refractivity contribution in [2.24, 2.45) is 0 Å². The van der Waals surface area contributed by atoms with Gasteiger partial charge >= 0.3 is 0 Å². The van der Waals surface area contributed by atoms with E-state index in [1.807, 2.05) is 40.5 Å². The Balaban J connectivity index is 1.19. The Kier molecular flexibility index (Phi) is 5.40. The van der Waals surface area contributed by atoms with E-state index < -0.39 is 0 Å². The van der Waals surface area contributed by atoms with Gasteiger partial charge in [0.1, 0.15) is 5.82 Å². The third kappa shape index (κ3) is 3.92. The average Bonchev–Trinajstić information content (AvgIpc) is 3.27. The van der Waals surface area contributed by atoms with E-state index in [1.165, 1.54) is 17.7 Å². The van der Waals surface area contributed by atoms with Crippen LogP contribution in [0.4, 0.5) is 4.39 Å². The Morgan fingerprint density at radius 3 is 2.27 bits per heavy atom. The molecule has 3 nitrogen and oxygen atoms in total. The van der Waals surface area contributed by atoms with Crippen molar-refractivity contribution >= 4 is 17.2 Å². The van der Waals surface area contributed by atoms with Gasteiger partial charge in [0.25, 0.3) is 5.91 Å². The summed E-state index contributed by atoms with van der Waals surface area (Å²) in [6.07, 6.45) is 3.24. The highest BCUT2D eigenvalue weighted by molar-refractivity contribution is 7.10. The lowest BCUT2D eigenvalue weighted by molar-refractivity contribution is 0.0600. The molecule has 3 heterocycles. The molecule has 154 valence electrons. The number of halogens is 1. The highest BCUT2D eigenvalue weighted by atomic mass is 32.1. The van der Waals surface area contributed by atoms with Crippen molar-refractivity contribution in [3.63, 3.8) is 0 Å². The van der Waals surface area contributed by atoms with Crippen molar-refractivity contribution in [1.82, 2.24) is 9.80 Å². The molecule has 2 aliphatic heterocycles. The van der Waals surface area contributed by atoms with Crippen LogP contribution in [-0.2, 0) is 13.0 Å². The van der Waals surface area contributed by atoms with Gasteiger partial charge in [-0.25, -0.2) is 4.39 Å². The molecule has 0 N–H and O–H groups in total. The van der Waals surface area contributed by atoms with E-state index in [9.17, 15) is 9.18 Å². The lowest BCUT2D eigenvalue weighted by Crippen LogP contribution is -2.47. The Hall–Kier alpha value is -2.50. The van der Waals surface area contributed by atoms with Crippen molar-refractivity contribution in [2.45, 2.75) is 31.8 Å². The second kappa shape index (κ2) is 8.32. The number of carbonyl (C=O) groups is 1. The standard InChI is InChI=1S/C25H25FN2OS/c26-22-7-5-19(6-8-22)18-1-3-20(4-2-18)25(29)27-13-9-23(10-14-27)28-15-11-24-21(17-28)12-16-30-24/h1-8,12,16,23H,9-11,13-15,17H2. The molecule has 1 saturated heterocycles. The number of carbonyl (C=O) groups excluding carboxylic acids is 1. The minimum atomic E-state index is -0.241. The van der Waals surface area contributed by atoms with Gasteiger partial charge in [0.15, 0.2) is 0 Å². The maximum atomic E-state index is 13.1. The van der Waals surface area contributed by atoms with Gasteiger partial charge in [-0.05, 0) is 71.7 Å². The summed E-state index contributed by atoms with van der Waals surface area (Å²) in [6, 6.07) is 16.9. The fraction of sp³-hybridized carbons (Fsp3) is 0.320. The predicted molar refractivity (Wildman–Crippen MR) is 119 cm³/mol. The number of benzene rings is 2. The van der Waals surface area contributed by atoms with Crippen molar-refractivity contribution in [3.8, 4) is 11.1 Å². The van der Waals surface area contributed by atoms with E-state index in [0.717, 1.165) is 62.1 Å². The van der Waals surface area contributed by atoms with Gasteiger partial charge in [-0.3, -0.25) is 9.69 Å². The summed E-state index contributed by atoms with van der Waals surface area (Å²) in [7, 11) is 0. The van der Waals surface area contributed by atoms with E-state index in [1.54, 1.807) is 17.0 Å². The first kappa shape index (κ1) is 19.5. The minimum absolute atomic E-state index is 0.109. The Bertz CT molecular complexity index is 1020. The first-order valence-electron chi connectivity index (χ1n) is 10.6. The number of nitrogens with zero attached hydrogens (tertiary/aromatic N) is 2. The van der Waals surface area contributed by atoms with E-state index >= 15 is 0 Å². The molecule has 0 atom stereocenters. The number of likely N-dealkylation sites (tertiary alicyclic amines) is 1. The summed E-state index contributed by atoms with van der Waals surface area (Å²) >= 11 is 1.88. The molecule has 5 rings (SSSR count). The lowest BCUT2D eigenvalue weighted by Gasteiger charge is -2.40. The molecule has 0 saturated carbocycles. The monoisotopic (exact) mass is 420 g/mol. The van der Waals surface area contributed by atoms with Crippen LogP contribution in [0.3, 0.4) is 0 Å². The Morgan fingerprint density at radius 2 is 1.57 bits per heavy atom. The average molecular weight is 421 g/mol. The smallest absolute Gasteiger partial charge is 0.253 e. The lowest BCUT2D eigenvalue weighted by atomic mass is 9.98. The van der Waals surface area contributed by atoms with Gasteiger partial charge in [0, 0.05) is 42.7 Å². The molecule has 2 aromatic carbocycles. The fourth-order valence-corrected chi connectivity index (χ4v) is 5.54. The molecule has 30 heavy (non-hydrogen) atoms. The van der Waals surface area contributed by atoms with E-state index in [-0.39, 0.29) is 11.7 Å². The molecule has 2 aliphatic rings. The predicted octanol–water partition coefficient (Wildman–Crippen LogP) is 5.22. The topological polar surface area (TPSA) is 23.6 Å². The number of amides is 1. The van der Waals surface area contributed by atoms with Crippen molar-refractivity contribution in [2.75, 3.05) is 19.6 Å². The summed E-state index contributed by atoms with van der Waals surface area (Å²) in [4.78, 5) is 19.1. The Labute approximate surface area is 180 Å². The summed E-state index contributed by atoms with van der Waals surface area (Å²) < 4.78 is 13.1. The number of thiophene rings is 1. The molecule has 0 radical (unpaired) electrons. The second-order valence-corrected chi connectivity index (χ2v) is 9.20. The number of piperidine rings is 1. The number of hydrogen-bond acceptors (Lipinski definition) is 3. The quantitative estimate of drug-likeness (QED) is 0.580. The second-order valence-electron chi connectivity index (χ2n) is 8.20. The van der Waals surface area contributed by atoms with Crippen LogP contribution in [0.15, 0.2) is 60.0 Å². The van der Waals surface area contributed by atoms with E-state index in [2.05, 4.69) is 16.3 Å². The number of hydrogen-bond donors (Lipinski definition) is 0. The SMILES string of the molecule is O=C(c1ccc(-c2ccc(F)cc2)cc1)N1CCC(N2CCc3sccc3C2)CC1. The first-order chi connectivity index (χ1) is 14.7. The molecule has 1 fully saturated rings. The zero-order chi connectivity index (χ0) is 20.5.